The third-order valence-electron chi connectivity index (χ3n) is 6.07. The van der Waals surface area contributed by atoms with Gasteiger partial charge in [0.1, 0.15) is 23.3 Å². The summed E-state index contributed by atoms with van der Waals surface area (Å²) in [6.45, 7) is 2.22. The number of rotatable bonds is 8. The molecular formula is C27H29FN4O3. The van der Waals surface area contributed by atoms with Crippen molar-refractivity contribution in [3.8, 4) is 5.75 Å². The molecule has 7 nitrogen and oxygen atoms in total. The van der Waals surface area contributed by atoms with Crippen LogP contribution >= 0.6 is 0 Å². The molecule has 1 aliphatic carbocycles. The Bertz CT molecular complexity index is 1130. The van der Waals surface area contributed by atoms with Crippen LogP contribution in [0.5, 0.6) is 5.75 Å². The van der Waals surface area contributed by atoms with Crippen molar-refractivity contribution in [2.24, 2.45) is 0 Å². The summed E-state index contributed by atoms with van der Waals surface area (Å²) >= 11 is 0. The summed E-state index contributed by atoms with van der Waals surface area (Å²) in [5.74, 6) is -0.836. The van der Waals surface area contributed by atoms with Gasteiger partial charge in [-0.25, -0.2) is 9.37 Å². The van der Waals surface area contributed by atoms with Gasteiger partial charge in [-0.1, -0.05) is 43.5 Å². The summed E-state index contributed by atoms with van der Waals surface area (Å²) in [6.07, 6.45) is 9.26. The van der Waals surface area contributed by atoms with Gasteiger partial charge in [0.25, 0.3) is 5.91 Å². The van der Waals surface area contributed by atoms with E-state index in [1.807, 2.05) is 6.92 Å². The lowest BCUT2D eigenvalue weighted by Crippen LogP contribution is -2.47. The average Bonchev–Trinajstić information content (AvgIpc) is 2.89. The number of ether oxygens (including phenoxy) is 1. The Balaban J connectivity index is 1.84. The van der Waals surface area contributed by atoms with Gasteiger partial charge in [-0.2, -0.15) is 0 Å². The van der Waals surface area contributed by atoms with Crippen molar-refractivity contribution in [3.05, 3.63) is 84.2 Å². The molecule has 35 heavy (non-hydrogen) atoms. The number of carbonyl (C=O) groups is 2. The first-order valence-corrected chi connectivity index (χ1v) is 12.0. The van der Waals surface area contributed by atoms with Crippen LogP contribution in [0.2, 0.25) is 0 Å². The molecule has 1 heterocycles. The molecule has 0 radical (unpaired) electrons. The summed E-state index contributed by atoms with van der Waals surface area (Å²) in [5, 5.41) is 3.14. The minimum atomic E-state index is -1.08. The van der Waals surface area contributed by atoms with E-state index < -0.39 is 17.8 Å². The topological polar surface area (TPSA) is 84.4 Å². The molecule has 0 aliphatic heterocycles. The number of carbonyl (C=O) groups excluding carboxylic acids is 2. The van der Waals surface area contributed by atoms with E-state index in [9.17, 15) is 14.0 Å². The summed E-state index contributed by atoms with van der Waals surface area (Å²) < 4.78 is 19.6. The fraction of sp³-hybridized carbons (Fsp3) is 0.333. The maximum absolute atomic E-state index is 13.9. The summed E-state index contributed by atoms with van der Waals surface area (Å²) in [4.78, 5) is 37.3. The highest BCUT2D eigenvalue weighted by Crippen LogP contribution is 2.36. The molecular weight excluding hydrogens is 447 g/mol. The molecule has 4 rings (SSSR count). The molecule has 1 N–H and O–H groups in total. The number of para-hydroxylation sites is 2. The molecule has 0 spiro atoms. The summed E-state index contributed by atoms with van der Waals surface area (Å²) in [6, 6.07) is 11.6. The number of anilines is 1. The minimum absolute atomic E-state index is 0.0230. The van der Waals surface area contributed by atoms with E-state index in [0.29, 0.717) is 23.6 Å². The van der Waals surface area contributed by atoms with E-state index in [2.05, 4.69) is 15.3 Å². The second kappa shape index (κ2) is 11.6. The molecule has 1 aliphatic rings. The Hall–Kier alpha value is -3.81. The minimum Gasteiger partial charge on any atom is -0.492 e. The standard InChI is InChI=1S/C27H29FN4O3/c1-2-35-24-11-7-6-10-23(24)32(27(34)22-18-29-16-17-30-22)25(19-12-14-20(28)15-13-19)26(33)31-21-8-4-3-5-9-21/h6-7,10-18,21,25H,2-5,8-9H2,1H3,(H,31,33). The van der Waals surface area contributed by atoms with Crippen molar-refractivity contribution in [2.45, 2.75) is 51.1 Å². The van der Waals surface area contributed by atoms with Crippen LogP contribution in [0.25, 0.3) is 0 Å². The van der Waals surface area contributed by atoms with Crippen LogP contribution in [-0.2, 0) is 4.79 Å². The summed E-state index contributed by atoms with van der Waals surface area (Å²) in [7, 11) is 0. The zero-order chi connectivity index (χ0) is 24.6. The number of hydrogen-bond donors (Lipinski definition) is 1. The van der Waals surface area contributed by atoms with E-state index in [1.165, 1.54) is 47.8 Å². The molecule has 1 unspecified atom stereocenters. The molecule has 1 aromatic heterocycles. The molecule has 0 bridgehead atoms. The highest BCUT2D eigenvalue weighted by atomic mass is 19.1. The molecule has 8 heteroatoms. The third-order valence-corrected chi connectivity index (χ3v) is 6.07. The van der Waals surface area contributed by atoms with Crippen LogP contribution in [0.1, 0.15) is 61.1 Å². The lowest BCUT2D eigenvalue weighted by molar-refractivity contribution is -0.123. The van der Waals surface area contributed by atoms with Gasteiger partial charge in [-0.05, 0) is 49.6 Å². The molecule has 1 atom stereocenters. The van der Waals surface area contributed by atoms with Crippen molar-refractivity contribution in [1.82, 2.24) is 15.3 Å². The van der Waals surface area contributed by atoms with Crippen molar-refractivity contribution in [3.63, 3.8) is 0 Å². The molecule has 182 valence electrons. The quantitative estimate of drug-likeness (QED) is 0.502. The van der Waals surface area contributed by atoms with Crippen LogP contribution < -0.4 is 15.0 Å². The van der Waals surface area contributed by atoms with Crippen LogP contribution in [0.4, 0.5) is 10.1 Å². The second-order valence-corrected chi connectivity index (χ2v) is 8.46. The van der Waals surface area contributed by atoms with E-state index in [-0.39, 0.29) is 17.6 Å². The number of halogens is 1. The molecule has 1 saturated carbocycles. The van der Waals surface area contributed by atoms with Crippen LogP contribution in [0.15, 0.2) is 67.1 Å². The van der Waals surface area contributed by atoms with Gasteiger partial charge in [0.05, 0.1) is 18.5 Å². The lowest BCUT2D eigenvalue weighted by atomic mass is 9.94. The number of benzene rings is 2. The smallest absolute Gasteiger partial charge is 0.279 e. The number of hydrogen-bond acceptors (Lipinski definition) is 5. The first-order valence-electron chi connectivity index (χ1n) is 12.0. The Kier molecular flexibility index (Phi) is 8.03. The van der Waals surface area contributed by atoms with Gasteiger partial charge in [0, 0.05) is 18.4 Å². The normalized spacial score (nSPS) is 14.7. The van der Waals surface area contributed by atoms with Crippen molar-refractivity contribution >= 4 is 17.5 Å². The van der Waals surface area contributed by atoms with Gasteiger partial charge in [0.15, 0.2) is 0 Å². The fourth-order valence-corrected chi connectivity index (χ4v) is 4.42. The predicted molar refractivity (Wildman–Crippen MR) is 131 cm³/mol. The highest BCUT2D eigenvalue weighted by Gasteiger charge is 2.36. The Labute approximate surface area is 204 Å². The maximum atomic E-state index is 13.9. The maximum Gasteiger partial charge on any atom is 0.279 e. The molecule has 0 saturated heterocycles. The first-order chi connectivity index (χ1) is 17.1. The fourth-order valence-electron chi connectivity index (χ4n) is 4.42. The summed E-state index contributed by atoms with van der Waals surface area (Å²) in [5.41, 5.74) is 0.970. The van der Waals surface area contributed by atoms with Gasteiger partial charge in [-0.15, -0.1) is 0 Å². The van der Waals surface area contributed by atoms with Crippen LogP contribution in [0, 0.1) is 5.82 Å². The van der Waals surface area contributed by atoms with Crippen molar-refractivity contribution < 1.29 is 18.7 Å². The van der Waals surface area contributed by atoms with Crippen LogP contribution in [0.3, 0.4) is 0 Å². The van der Waals surface area contributed by atoms with E-state index in [4.69, 9.17) is 4.74 Å². The monoisotopic (exact) mass is 476 g/mol. The van der Waals surface area contributed by atoms with Gasteiger partial charge in [0.2, 0.25) is 5.91 Å². The van der Waals surface area contributed by atoms with E-state index in [0.717, 1.165) is 32.1 Å². The zero-order valence-corrected chi connectivity index (χ0v) is 19.7. The number of nitrogens with zero attached hydrogens (tertiary/aromatic N) is 3. The Morgan fingerprint density at radius 1 is 1.09 bits per heavy atom. The molecule has 2 amide bonds. The van der Waals surface area contributed by atoms with Crippen LogP contribution in [-0.4, -0.2) is 34.4 Å². The number of nitrogens with one attached hydrogen (secondary N) is 1. The second-order valence-electron chi connectivity index (χ2n) is 8.46. The van der Waals surface area contributed by atoms with Gasteiger partial charge < -0.3 is 10.1 Å². The molecule has 3 aromatic rings. The molecule has 2 aromatic carbocycles. The van der Waals surface area contributed by atoms with Gasteiger partial charge in [-0.3, -0.25) is 19.5 Å². The Morgan fingerprint density at radius 3 is 2.51 bits per heavy atom. The average molecular weight is 477 g/mol. The molecule has 1 fully saturated rings. The SMILES string of the molecule is CCOc1ccccc1N(C(=O)c1cnccn1)C(C(=O)NC1CCCCC1)c1ccc(F)cc1. The van der Waals surface area contributed by atoms with Crippen molar-refractivity contribution in [1.29, 1.82) is 0 Å². The number of amides is 2. The third kappa shape index (κ3) is 5.82. The number of aromatic nitrogens is 2. The largest absolute Gasteiger partial charge is 0.492 e. The Morgan fingerprint density at radius 2 is 1.83 bits per heavy atom. The highest BCUT2D eigenvalue weighted by molar-refractivity contribution is 6.09. The first kappa shape index (κ1) is 24.3. The van der Waals surface area contributed by atoms with E-state index in [1.54, 1.807) is 24.3 Å². The zero-order valence-electron chi connectivity index (χ0n) is 19.7. The van der Waals surface area contributed by atoms with Gasteiger partial charge >= 0.3 is 0 Å². The lowest BCUT2D eigenvalue weighted by Gasteiger charge is -2.34. The predicted octanol–water partition coefficient (Wildman–Crippen LogP) is 4.85. The van der Waals surface area contributed by atoms with Crippen molar-refractivity contribution in [2.75, 3.05) is 11.5 Å². The van der Waals surface area contributed by atoms with E-state index >= 15 is 0 Å².